The van der Waals surface area contributed by atoms with Crippen LogP contribution in [0.3, 0.4) is 0 Å². The summed E-state index contributed by atoms with van der Waals surface area (Å²) in [4.78, 5) is 30.9. The van der Waals surface area contributed by atoms with Gasteiger partial charge in [-0.25, -0.2) is 4.98 Å². The second kappa shape index (κ2) is 6.76. The number of benzene rings is 1. The maximum atomic E-state index is 12.0. The zero-order chi connectivity index (χ0) is 16.2. The van der Waals surface area contributed by atoms with E-state index in [1.165, 1.54) is 11.3 Å². The first-order chi connectivity index (χ1) is 11.1. The van der Waals surface area contributed by atoms with Gasteiger partial charge >= 0.3 is 0 Å². The molecule has 1 aromatic carbocycles. The number of rotatable bonds is 3. The molecular formula is C15H11BrN4O2S. The van der Waals surface area contributed by atoms with E-state index in [2.05, 4.69) is 36.7 Å². The molecular weight excluding hydrogens is 380 g/mol. The molecule has 0 aliphatic heterocycles. The number of H-pyrrole nitrogens is 1. The van der Waals surface area contributed by atoms with Crippen LogP contribution in [-0.2, 0) is 0 Å². The molecule has 8 heteroatoms. The molecule has 0 bridgehead atoms. The smallest absolute Gasteiger partial charge is 0.289 e. The van der Waals surface area contributed by atoms with Gasteiger partial charge in [0.15, 0.2) is 0 Å². The van der Waals surface area contributed by atoms with Gasteiger partial charge in [0, 0.05) is 21.6 Å². The minimum absolute atomic E-state index is 0.252. The zero-order valence-corrected chi connectivity index (χ0v) is 14.1. The fourth-order valence-corrected chi connectivity index (χ4v) is 2.98. The Morgan fingerprint density at radius 3 is 2.57 bits per heavy atom. The number of nitrogens with zero attached hydrogens (tertiary/aromatic N) is 1. The van der Waals surface area contributed by atoms with E-state index < -0.39 is 11.8 Å². The predicted octanol–water partition coefficient (Wildman–Crippen LogP) is 2.98. The number of hydrazine groups is 1. The lowest BCUT2D eigenvalue weighted by Gasteiger charge is -2.04. The van der Waals surface area contributed by atoms with Gasteiger partial charge in [-0.05, 0) is 22.0 Å². The van der Waals surface area contributed by atoms with Crippen molar-refractivity contribution in [3.8, 4) is 10.6 Å². The molecule has 2 heterocycles. The van der Waals surface area contributed by atoms with Crippen LogP contribution in [0.1, 0.15) is 21.0 Å². The first kappa shape index (κ1) is 15.4. The number of aromatic amines is 1. The number of carbonyl (C=O) groups is 2. The number of thiazole rings is 1. The van der Waals surface area contributed by atoms with Crippen molar-refractivity contribution in [2.24, 2.45) is 0 Å². The van der Waals surface area contributed by atoms with Crippen molar-refractivity contribution in [3.63, 3.8) is 0 Å². The number of aromatic nitrogens is 2. The second-order valence-electron chi connectivity index (χ2n) is 4.54. The molecule has 0 unspecified atom stereocenters. The van der Waals surface area contributed by atoms with Gasteiger partial charge in [-0.1, -0.05) is 30.3 Å². The molecule has 0 radical (unpaired) electrons. The zero-order valence-electron chi connectivity index (χ0n) is 11.7. The van der Waals surface area contributed by atoms with Gasteiger partial charge in [0.2, 0.25) is 0 Å². The normalized spacial score (nSPS) is 10.3. The summed E-state index contributed by atoms with van der Waals surface area (Å²) in [6, 6.07) is 11.2. The number of carbonyl (C=O) groups excluding carboxylic acids is 2. The maximum Gasteiger partial charge on any atom is 0.289 e. The van der Waals surface area contributed by atoms with E-state index in [4.69, 9.17) is 0 Å². The van der Waals surface area contributed by atoms with E-state index in [1.54, 1.807) is 17.6 Å². The summed E-state index contributed by atoms with van der Waals surface area (Å²) in [5.74, 6) is -0.912. The fourth-order valence-electron chi connectivity index (χ4n) is 1.84. The van der Waals surface area contributed by atoms with Crippen LogP contribution in [0.5, 0.6) is 0 Å². The SMILES string of the molecule is O=C(NNC(=O)c1cc(Br)c[nH]1)c1csc(-c2ccccc2)n1. The summed E-state index contributed by atoms with van der Waals surface area (Å²) in [5, 5.41) is 2.39. The van der Waals surface area contributed by atoms with Gasteiger partial charge in [0.25, 0.3) is 11.8 Å². The highest BCUT2D eigenvalue weighted by Gasteiger charge is 2.14. The minimum atomic E-state index is -0.470. The summed E-state index contributed by atoms with van der Waals surface area (Å²) in [6.45, 7) is 0. The van der Waals surface area contributed by atoms with Crippen LogP contribution in [0.4, 0.5) is 0 Å². The largest absolute Gasteiger partial charge is 0.356 e. The predicted molar refractivity (Wildman–Crippen MR) is 91.0 cm³/mol. The lowest BCUT2D eigenvalue weighted by atomic mass is 10.2. The van der Waals surface area contributed by atoms with Crippen LogP contribution in [0.15, 0.2) is 52.4 Å². The van der Waals surface area contributed by atoms with Gasteiger partial charge in [-0.15, -0.1) is 11.3 Å². The van der Waals surface area contributed by atoms with Crippen molar-refractivity contribution >= 4 is 39.1 Å². The molecule has 0 aliphatic carbocycles. The van der Waals surface area contributed by atoms with Gasteiger partial charge in [-0.3, -0.25) is 20.4 Å². The van der Waals surface area contributed by atoms with Gasteiger partial charge in [0.05, 0.1) is 0 Å². The Balaban J connectivity index is 1.63. The molecule has 23 heavy (non-hydrogen) atoms. The molecule has 2 amide bonds. The number of nitrogens with one attached hydrogen (secondary N) is 3. The van der Waals surface area contributed by atoms with Gasteiger partial charge in [-0.2, -0.15) is 0 Å². The van der Waals surface area contributed by atoms with Crippen molar-refractivity contribution in [3.05, 3.63) is 63.8 Å². The van der Waals surface area contributed by atoms with Crippen molar-refractivity contribution in [2.45, 2.75) is 0 Å². The van der Waals surface area contributed by atoms with Crippen molar-refractivity contribution in [1.82, 2.24) is 20.8 Å². The van der Waals surface area contributed by atoms with Crippen molar-refractivity contribution < 1.29 is 9.59 Å². The van der Waals surface area contributed by atoms with Crippen LogP contribution in [0.25, 0.3) is 10.6 Å². The van der Waals surface area contributed by atoms with E-state index in [9.17, 15) is 9.59 Å². The van der Waals surface area contributed by atoms with Crippen LogP contribution in [0, 0.1) is 0 Å². The van der Waals surface area contributed by atoms with Crippen LogP contribution >= 0.6 is 27.3 Å². The summed E-state index contributed by atoms with van der Waals surface area (Å²) >= 11 is 4.60. The summed E-state index contributed by atoms with van der Waals surface area (Å²) in [5.41, 5.74) is 6.20. The van der Waals surface area contributed by atoms with Gasteiger partial charge in [0.1, 0.15) is 16.4 Å². The first-order valence-electron chi connectivity index (χ1n) is 6.59. The molecule has 0 atom stereocenters. The Bertz CT molecular complexity index is 844. The fraction of sp³-hybridized carbons (Fsp3) is 0. The third-order valence-electron chi connectivity index (χ3n) is 2.94. The van der Waals surface area contributed by atoms with Crippen LogP contribution in [0.2, 0.25) is 0 Å². The Labute approximate surface area is 144 Å². The highest BCUT2D eigenvalue weighted by Crippen LogP contribution is 2.23. The molecule has 3 aromatic rings. The summed E-state index contributed by atoms with van der Waals surface area (Å²) < 4.78 is 0.751. The average molecular weight is 391 g/mol. The van der Waals surface area contributed by atoms with Gasteiger partial charge < -0.3 is 4.98 Å². The third kappa shape index (κ3) is 3.66. The molecule has 116 valence electrons. The molecule has 0 saturated carbocycles. The Hall–Kier alpha value is -2.45. The quantitative estimate of drug-likeness (QED) is 0.600. The number of hydrogen-bond donors (Lipinski definition) is 3. The summed E-state index contributed by atoms with van der Waals surface area (Å²) in [6.07, 6.45) is 1.63. The Morgan fingerprint density at radius 1 is 1.13 bits per heavy atom. The molecule has 3 N–H and O–H groups in total. The number of hydrogen-bond acceptors (Lipinski definition) is 4. The lowest BCUT2D eigenvalue weighted by Crippen LogP contribution is -2.41. The maximum absolute atomic E-state index is 12.0. The average Bonchev–Trinajstić information content (AvgIpc) is 3.22. The monoisotopic (exact) mass is 390 g/mol. The lowest BCUT2D eigenvalue weighted by molar-refractivity contribution is 0.0842. The van der Waals surface area contributed by atoms with Crippen molar-refractivity contribution in [2.75, 3.05) is 0 Å². The molecule has 0 aliphatic rings. The second-order valence-corrected chi connectivity index (χ2v) is 6.32. The molecule has 3 rings (SSSR count). The third-order valence-corrected chi connectivity index (χ3v) is 4.29. The molecule has 0 spiro atoms. The Morgan fingerprint density at radius 2 is 1.87 bits per heavy atom. The van der Waals surface area contributed by atoms with Crippen LogP contribution < -0.4 is 10.9 Å². The Kier molecular flexibility index (Phi) is 4.54. The molecule has 6 nitrogen and oxygen atoms in total. The molecule has 2 aromatic heterocycles. The number of halogens is 1. The van der Waals surface area contributed by atoms with E-state index in [0.717, 1.165) is 15.0 Å². The minimum Gasteiger partial charge on any atom is -0.356 e. The first-order valence-corrected chi connectivity index (χ1v) is 8.26. The number of amides is 2. The highest BCUT2D eigenvalue weighted by molar-refractivity contribution is 9.10. The van der Waals surface area contributed by atoms with Crippen molar-refractivity contribution in [1.29, 1.82) is 0 Å². The van der Waals surface area contributed by atoms with E-state index in [-0.39, 0.29) is 5.69 Å². The highest BCUT2D eigenvalue weighted by atomic mass is 79.9. The molecule has 0 saturated heterocycles. The topological polar surface area (TPSA) is 86.9 Å². The van der Waals surface area contributed by atoms with E-state index >= 15 is 0 Å². The van der Waals surface area contributed by atoms with E-state index in [0.29, 0.717) is 5.69 Å². The molecule has 0 fully saturated rings. The van der Waals surface area contributed by atoms with E-state index in [1.807, 2.05) is 30.3 Å². The summed E-state index contributed by atoms with van der Waals surface area (Å²) in [7, 11) is 0. The standard InChI is InChI=1S/C15H11BrN4O2S/c16-10-6-11(17-7-10)13(21)19-20-14(22)12-8-23-15(18-12)9-4-2-1-3-5-9/h1-8,17H,(H,19,21)(H,20,22). The van der Waals surface area contributed by atoms with Crippen LogP contribution in [-0.4, -0.2) is 21.8 Å².